The molecule has 1 aliphatic heterocycles. The predicted molar refractivity (Wildman–Crippen MR) is 87.2 cm³/mol. The third kappa shape index (κ3) is 2.48. The molecule has 1 atom stereocenters. The normalized spacial score (nSPS) is 20.4. The lowest BCUT2D eigenvalue weighted by atomic mass is 9.82. The molecule has 21 heavy (non-hydrogen) atoms. The Hall–Kier alpha value is -2.39. The zero-order valence-corrected chi connectivity index (χ0v) is 12.0. The van der Waals surface area contributed by atoms with Crippen LogP contribution in [-0.4, -0.2) is 17.5 Å². The highest BCUT2D eigenvalue weighted by atomic mass is 16.2. The topological polar surface area (TPSA) is 44.6 Å². The highest BCUT2D eigenvalue weighted by Crippen LogP contribution is 2.41. The Labute approximate surface area is 124 Å². The van der Waals surface area contributed by atoms with Gasteiger partial charge < -0.3 is 10.4 Å². The van der Waals surface area contributed by atoms with Crippen molar-refractivity contribution in [2.45, 2.75) is 12.3 Å². The summed E-state index contributed by atoms with van der Waals surface area (Å²) in [6.07, 6.45) is 3.78. The van der Waals surface area contributed by atoms with Crippen molar-refractivity contribution in [1.82, 2.24) is 0 Å². The van der Waals surface area contributed by atoms with Gasteiger partial charge in [-0.2, -0.15) is 0 Å². The van der Waals surface area contributed by atoms with Crippen LogP contribution in [0.25, 0.3) is 0 Å². The third-order valence-electron chi connectivity index (χ3n) is 3.78. The second-order valence-corrected chi connectivity index (χ2v) is 5.26. The smallest absolute Gasteiger partial charge is 0.121 e. The van der Waals surface area contributed by atoms with Crippen LogP contribution in [0.1, 0.15) is 12.5 Å². The number of para-hydroxylation sites is 2. The van der Waals surface area contributed by atoms with Gasteiger partial charge in [0, 0.05) is 5.69 Å². The number of hydrogen-bond donors (Lipinski definition) is 2. The Morgan fingerprint density at radius 1 is 1.10 bits per heavy atom. The van der Waals surface area contributed by atoms with E-state index in [9.17, 15) is 0 Å². The van der Waals surface area contributed by atoms with Gasteiger partial charge in [-0.05, 0) is 30.7 Å². The van der Waals surface area contributed by atoms with Gasteiger partial charge in [0.05, 0.1) is 17.7 Å². The first kappa shape index (κ1) is 13.6. The van der Waals surface area contributed by atoms with Crippen molar-refractivity contribution in [3.05, 3.63) is 72.3 Å². The van der Waals surface area contributed by atoms with Gasteiger partial charge in [-0.3, -0.25) is 0 Å². The fraction of sp³-hybridized carbons (Fsp3) is 0.167. The van der Waals surface area contributed by atoms with Crippen LogP contribution in [0, 0.1) is 0 Å². The van der Waals surface area contributed by atoms with E-state index in [2.05, 4.69) is 18.3 Å². The Balaban J connectivity index is 2.01. The first-order valence-corrected chi connectivity index (χ1v) is 7.03. The summed E-state index contributed by atoms with van der Waals surface area (Å²) < 4.78 is 0. The minimum atomic E-state index is -0.352. The number of rotatable bonds is 3. The zero-order chi connectivity index (χ0) is 14.7. The summed E-state index contributed by atoms with van der Waals surface area (Å²) in [5.74, 6) is 0.875. The van der Waals surface area contributed by atoms with Crippen molar-refractivity contribution in [2.75, 3.05) is 11.9 Å². The third-order valence-corrected chi connectivity index (χ3v) is 3.78. The minimum Gasteiger partial charge on any atom is -0.392 e. The molecule has 2 aromatic rings. The summed E-state index contributed by atoms with van der Waals surface area (Å²) in [6.45, 7) is 2.14. The number of aliphatic imine (C=N–C) groups is 1. The first-order chi connectivity index (χ1) is 10.2. The number of fused-ring (bicyclic) bond motifs is 1. The molecule has 3 rings (SSSR count). The molecular weight excluding hydrogens is 260 g/mol. The minimum absolute atomic E-state index is 0.0242. The molecule has 1 unspecified atom stereocenters. The number of nitrogens with one attached hydrogen (secondary N) is 1. The second kappa shape index (κ2) is 5.54. The molecule has 1 aliphatic rings. The highest BCUT2D eigenvalue weighted by molar-refractivity contribution is 6.09. The predicted octanol–water partition coefficient (Wildman–Crippen LogP) is 3.65. The number of aliphatic hydroxyl groups is 1. The molecule has 0 amide bonds. The second-order valence-electron chi connectivity index (χ2n) is 5.26. The van der Waals surface area contributed by atoms with E-state index < -0.39 is 0 Å². The molecule has 0 bridgehead atoms. The monoisotopic (exact) mass is 278 g/mol. The summed E-state index contributed by atoms with van der Waals surface area (Å²) >= 11 is 0. The number of amidine groups is 1. The zero-order valence-electron chi connectivity index (χ0n) is 12.0. The summed E-state index contributed by atoms with van der Waals surface area (Å²) in [4.78, 5) is 4.73. The number of anilines is 1. The SMILES string of the molecule is CC1(/C=C/CO)C(Nc2ccccc2)=Nc2ccccc21. The van der Waals surface area contributed by atoms with Crippen LogP contribution in [0.15, 0.2) is 71.7 Å². The molecule has 0 aromatic heterocycles. The summed E-state index contributed by atoms with van der Waals surface area (Å²) in [7, 11) is 0. The van der Waals surface area contributed by atoms with Crippen LogP contribution in [-0.2, 0) is 5.41 Å². The van der Waals surface area contributed by atoms with E-state index in [0.717, 1.165) is 22.8 Å². The van der Waals surface area contributed by atoms with Crippen LogP contribution in [0.5, 0.6) is 0 Å². The molecule has 1 heterocycles. The molecule has 0 saturated carbocycles. The Bertz CT molecular complexity index is 691. The fourth-order valence-corrected chi connectivity index (χ4v) is 2.65. The molecule has 106 valence electrons. The van der Waals surface area contributed by atoms with Gasteiger partial charge in [-0.25, -0.2) is 4.99 Å². The number of aliphatic hydroxyl groups excluding tert-OH is 1. The Morgan fingerprint density at radius 3 is 2.57 bits per heavy atom. The maximum Gasteiger partial charge on any atom is 0.121 e. The molecule has 2 aromatic carbocycles. The maximum atomic E-state index is 9.12. The van der Waals surface area contributed by atoms with E-state index in [4.69, 9.17) is 10.1 Å². The highest BCUT2D eigenvalue weighted by Gasteiger charge is 2.37. The largest absolute Gasteiger partial charge is 0.392 e. The molecule has 0 saturated heterocycles. The van der Waals surface area contributed by atoms with Crippen LogP contribution in [0.3, 0.4) is 0 Å². The lowest BCUT2D eigenvalue weighted by Gasteiger charge is -2.24. The lowest BCUT2D eigenvalue weighted by molar-refractivity contribution is 0.342. The van der Waals surface area contributed by atoms with Gasteiger partial charge >= 0.3 is 0 Å². The van der Waals surface area contributed by atoms with Gasteiger partial charge in [-0.1, -0.05) is 48.6 Å². The van der Waals surface area contributed by atoms with Crippen molar-refractivity contribution in [3.8, 4) is 0 Å². The van der Waals surface area contributed by atoms with Gasteiger partial charge in [0.25, 0.3) is 0 Å². The number of benzene rings is 2. The molecule has 0 radical (unpaired) electrons. The molecule has 3 heteroatoms. The van der Waals surface area contributed by atoms with Crippen molar-refractivity contribution < 1.29 is 5.11 Å². The van der Waals surface area contributed by atoms with Gasteiger partial charge in [-0.15, -0.1) is 0 Å². The van der Waals surface area contributed by atoms with Crippen LogP contribution >= 0.6 is 0 Å². The van der Waals surface area contributed by atoms with Gasteiger partial charge in [0.15, 0.2) is 0 Å². The maximum absolute atomic E-state index is 9.12. The Morgan fingerprint density at radius 2 is 1.81 bits per heavy atom. The van der Waals surface area contributed by atoms with E-state index >= 15 is 0 Å². The lowest BCUT2D eigenvalue weighted by Crippen LogP contribution is -2.33. The van der Waals surface area contributed by atoms with Crippen LogP contribution < -0.4 is 5.32 Å². The molecule has 0 spiro atoms. The Kier molecular flexibility index (Phi) is 3.59. The molecule has 3 nitrogen and oxygen atoms in total. The van der Waals surface area contributed by atoms with Crippen molar-refractivity contribution in [2.24, 2.45) is 4.99 Å². The average molecular weight is 278 g/mol. The molecule has 0 fully saturated rings. The molecule has 0 aliphatic carbocycles. The van der Waals surface area contributed by atoms with E-state index in [1.54, 1.807) is 6.08 Å². The van der Waals surface area contributed by atoms with E-state index in [1.165, 1.54) is 0 Å². The van der Waals surface area contributed by atoms with Crippen LogP contribution in [0.2, 0.25) is 0 Å². The molecular formula is C18H18N2O. The summed E-state index contributed by atoms with van der Waals surface area (Å²) in [5.41, 5.74) is 2.77. The summed E-state index contributed by atoms with van der Waals surface area (Å²) in [5, 5.41) is 12.5. The van der Waals surface area contributed by atoms with E-state index in [1.807, 2.05) is 54.6 Å². The van der Waals surface area contributed by atoms with Crippen molar-refractivity contribution in [3.63, 3.8) is 0 Å². The average Bonchev–Trinajstić information content (AvgIpc) is 2.80. The van der Waals surface area contributed by atoms with Gasteiger partial charge in [0.1, 0.15) is 5.84 Å². The first-order valence-electron chi connectivity index (χ1n) is 7.03. The van der Waals surface area contributed by atoms with E-state index in [0.29, 0.717) is 0 Å². The van der Waals surface area contributed by atoms with Crippen LogP contribution in [0.4, 0.5) is 11.4 Å². The standard InChI is InChI=1S/C18H18N2O/c1-18(12-7-13-21)15-10-5-6-11-16(15)20-17(18)19-14-8-3-2-4-9-14/h2-12,21H,13H2,1H3,(H,19,20)/b12-7+. The fourth-order valence-electron chi connectivity index (χ4n) is 2.65. The quantitative estimate of drug-likeness (QED) is 0.842. The molecule has 2 N–H and O–H groups in total. The summed E-state index contributed by atoms with van der Waals surface area (Å²) in [6, 6.07) is 18.1. The van der Waals surface area contributed by atoms with Crippen molar-refractivity contribution >= 4 is 17.2 Å². The number of hydrogen-bond acceptors (Lipinski definition) is 3. The number of nitrogens with zero attached hydrogens (tertiary/aromatic N) is 1. The van der Waals surface area contributed by atoms with Gasteiger partial charge in [0.2, 0.25) is 0 Å². The van der Waals surface area contributed by atoms with E-state index in [-0.39, 0.29) is 12.0 Å². The van der Waals surface area contributed by atoms with Crippen molar-refractivity contribution in [1.29, 1.82) is 0 Å².